The molecule has 6 rings (SSSR count). The molecule has 4 aromatic rings. The first kappa shape index (κ1) is 25.8. The Labute approximate surface area is 228 Å². The summed E-state index contributed by atoms with van der Waals surface area (Å²) in [4.78, 5) is 30.5. The van der Waals surface area contributed by atoms with E-state index in [4.69, 9.17) is 4.74 Å². The molecule has 1 atom stereocenters. The number of rotatable bonds is 6. The van der Waals surface area contributed by atoms with Crippen molar-refractivity contribution in [2.24, 2.45) is 0 Å². The van der Waals surface area contributed by atoms with Crippen LogP contribution in [0.1, 0.15) is 37.1 Å². The first-order valence-corrected chi connectivity index (χ1v) is 13.0. The van der Waals surface area contributed by atoms with Crippen molar-refractivity contribution in [1.29, 1.82) is 0 Å². The van der Waals surface area contributed by atoms with Crippen molar-refractivity contribution in [3.05, 3.63) is 65.9 Å². The Kier molecular flexibility index (Phi) is 6.62. The van der Waals surface area contributed by atoms with Crippen LogP contribution >= 0.6 is 0 Å². The predicted molar refractivity (Wildman–Crippen MR) is 140 cm³/mol. The quantitative estimate of drug-likeness (QED) is 0.372. The van der Waals surface area contributed by atoms with Crippen LogP contribution in [0.15, 0.2) is 43.0 Å². The summed E-state index contributed by atoms with van der Waals surface area (Å²) in [5.74, 6) is 0.225. The van der Waals surface area contributed by atoms with Crippen molar-refractivity contribution in [3.8, 4) is 5.82 Å². The second-order valence-corrected chi connectivity index (χ2v) is 9.98. The van der Waals surface area contributed by atoms with E-state index in [1.54, 1.807) is 18.3 Å². The number of amides is 1. The van der Waals surface area contributed by atoms with Gasteiger partial charge in [0.25, 0.3) is 5.91 Å². The number of aryl methyl sites for hydroxylation is 1. The Morgan fingerprint density at radius 3 is 2.62 bits per heavy atom. The molecule has 6 heterocycles. The SMILES string of the molecule is Cc1cc(Nc2nc(N3CCC4(CC3)OCCN([C@@H](C)c3ccc(-n5cc(F)cn5)nc3)C4=O)ncc2F)n[nH]1. The van der Waals surface area contributed by atoms with E-state index in [2.05, 4.69) is 35.6 Å². The number of aromatic amines is 1. The third-order valence-corrected chi connectivity index (χ3v) is 7.41. The molecule has 14 heteroatoms. The van der Waals surface area contributed by atoms with Crippen LogP contribution < -0.4 is 10.2 Å². The van der Waals surface area contributed by atoms with Crippen LogP contribution in [-0.4, -0.2) is 77.6 Å². The number of H-pyrrole nitrogens is 1. The summed E-state index contributed by atoms with van der Waals surface area (Å²) in [6.07, 6.45) is 6.07. The summed E-state index contributed by atoms with van der Waals surface area (Å²) in [5, 5.41) is 13.7. The van der Waals surface area contributed by atoms with Crippen LogP contribution in [0.4, 0.5) is 26.4 Å². The van der Waals surface area contributed by atoms with Crippen molar-refractivity contribution >= 4 is 23.5 Å². The molecule has 0 saturated carbocycles. The average molecular weight is 551 g/mol. The number of ether oxygens (including phenoxy) is 1. The van der Waals surface area contributed by atoms with Crippen molar-refractivity contribution < 1.29 is 18.3 Å². The van der Waals surface area contributed by atoms with Gasteiger partial charge in [0.2, 0.25) is 5.95 Å². The van der Waals surface area contributed by atoms with Gasteiger partial charge in [-0.3, -0.25) is 9.89 Å². The number of nitrogens with zero attached hydrogens (tertiary/aromatic N) is 8. The largest absolute Gasteiger partial charge is 0.363 e. The zero-order chi connectivity index (χ0) is 27.9. The Bertz CT molecular complexity index is 1510. The number of carbonyl (C=O) groups excluding carboxylic acids is 1. The number of hydrogen-bond donors (Lipinski definition) is 2. The van der Waals surface area contributed by atoms with Crippen molar-refractivity contribution in [2.75, 3.05) is 36.5 Å². The van der Waals surface area contributed by atoms with E-state index < -0.39 is 17.2 Å². The molecule has 2 aliphatic rings. The summed E-state index contributed by atoms with van der Waals surface area (Å²) in [6.45, 7) is 5.61. The molecule has 0 unspecified atom stereocenters. The van der Waals surface area contributed by atoms with Crippen molar-refractivity contribution in [1.82, 2.24) is 39.8 Å². The van der Waals surface area contributed by atoms with Gasteiger partial charge in [-0.15, -0.1) is 0 Å². The summed E-state index contributed by atoms with van der Waals surface area (Å²) in [6, 6.07) is 5.13. The van der Waals surface area contributed by atoms with Crippen LogP contribution in [0.5, 0.6) is 0 Å². The molecule has 12 nitrogen and oxygen atoms in total. The topological polar surface area (TPSA) is 130 Å². The zero-order valence-electron chi connectivity index (χ0n) is 22.0. The fourth-order valence-corrected chi connectivity index (χ4v) is 5.15. The van der Waals surface area contributed by atoms with Gasteiger partial charge in [0.1, 0.15) is 5.60 Å². The van der Waals surface area contributed by atoms with E-state index in [-0.39, 0.29) is 17.8 Å². The highest BCUT2D eigenvalue weighted by molar-refractivity contribution is 5.86. The average Bonchev–Trinajstić information content (AvgIpc) is 3.59. The van der Waals surface area contributed by atoms with Gasteiger partial charge in [-0.05, 0) is 25.5 Å². The first-order valence-electron chi connectivity index (χ1n) is 13.0. The zero-order valence-corrected chi connectivity index (χ0v) is 22.0. The van der Waals surface area contributed by atoms with Crippen LogP contribution in [0.25, 0.3) is 5.82 Å². The van der Waals surface area contributed by atoms with E-state index >= 15 is 0 Å². The summed E-state index contributed by atoms with van der Waals surface area (Å²) >= 11 is 0. The summed E-state index contributed by atoms with van der Waals surface area (Å²) < 4.78 is 35.2. The molecule has 2 fully saturated rings. The van der Waals surface area contributed by atoms with Gasteiger partial charge in [-0.2, -0.15) is 15.2 Å². The van der Waals surface area contributed by atoms with Crippen molar-refractivity contribution in [2.45, 2.75) is 38.3 Å². The molecule has 0 bridgehead atoms. The molecule has 4 aromatic heterocycles. The number of pyridine rings is 1. The van der Waals surface area contributed by atoms with Crippen LogP contribution in [0.3, 0.4) is 0 Å². The second-order valence-electron chi connectivity index (χ2n) is 9.98. The van der Waals surface area contributed by atoms with Crippen LogP contribution in [0.2, 0.25) is 0 Å². The van der Waals surface area contributed by atoms with Gasteiger partial charge >= 0.3 is 0 Å². The molecule has 2 aliphatic heterocycles. The molecule has 208 valence electrons. The molecule has 0 aromatic carbocycles. The maximum absolute atomic E-state index is 14.4. The molecule has 1 amide bonds. The number of hydrogen-bond acceptors (Lipinski definition) is 9. The third kappa shape index (κ3) is 4.85. The van der Waals surface area contributed by atoms with Gasteiger partial charge in [0.05, 0.1) is 31.2 Å². The molecule has 1 spiro atoms. The maximum Gasteiger partial charge on any atom is 0.255 e. The number of aromatic nitrogens is 7. The van der Waals surface area contributed by atoms with E-state index in [0.717, 1.165) is 23.7 Å². The van der Waals surface area contributed by atoms with Gasteiger partial charge in [-0.1, -0.05) is 6.07 Å². The molecule has 2 N–H and O–H groups in total. The fraction of sp³-hybridized carbons (Fsp3) is 0.385. The lowest BCUT2D eigenvalue weighted by molar-refractivity contribution is -0.178. The van der Waals surface area contributed by atoms with E-state index in [0.29, 0.717) is 56.7 Å². The highest BCUT2D eigenvalue weighted by Gasteiger charge is 2.48. The maximum atomic E-state index is 14.4. The fourth-order valence-electron chi connectivity index (χ4n) is 5.15. The highest BCUT2D eigenvalue weighted by Crippen LogP contribution is 2.36. The number of piperidine rings is 1. The molecule has 40 heavy (non-hydrogen) atoms. The Morgan fingerprint density at radius 2 is 1.95 bits per heavy atom. The number of morpholine rings is 1. The summed E-state index contributed by atoms with van der Waals surface area (Å²) in [7, 11) is 0. The second kappa shape index (κ2) is 10.3. The lowest BCUT2D eigenvalue weighted by atomic mass is 9.87. The minimum Gasteiger partial charge on any atom is -0.363 e. The first-order chi connectivity index (χ1) is 19.3. The number of nitrogens with one attached hydrogen (secondary N) is 2. The predicted octanol–water partition coefficient (Wildman–Crippen LogP) is 3.07. The van der Waals surface area contributed by atoms with E-state index in [1.807, 2.05) is 29.7 Å². The summed E-state index contributed by atoms with van der Waals surface area (Å²) in [5.41, 5.74) is 0.737. The Morgan fingerprint density at radius 1 is 1.12 bits per heavy atom. The van der Waals surface area contributed by atoms with Gasteiger partial charge in [0, 0.05) is 50.4 Å². The van der Waals surface area contributed by atoms with Gasteiger partial charge in [0.15, 0.2) is 29.1 Å². The molecule has 2 saturated heterocycles. The van der Waals surface area contributed by atoms with E-state index in [1.165, 1.54) is 10.9 Å². The Hall–Kier alpha value is -4.46. The minimum atomic E-state index is -0.948. The number of anilines is 3. The molecular formula is C26H28F2N10O2. The molecule has 0 aliphatic carbocycles. The monoisotopic (exact) mass is 550 g/mol. The van der Waals surface area contributed by atoms with Gasteiger partial charge < -0.3 is 19.9 Å². The standard InChI is InChI=1S/C26H28F2N10O2/c1-16-11-21(35-34-16)32-23-20(28)14-30-25(33-23)36-7-5-26(6-8-36)24(39)37(9-10-40-26)17(2)18-3-4-22(29-12-18)38-15-19(27)13-31-38/h3-4,11-15,17H,5-10H2,1-2H3,(H2,30,32,33,34,35)/t17-/m0/s1. The van der Waals surface area contributed by atoms with Crippen LogP contribution in [0, 0.1) is 18.6 Å². The molecular weight excluding hydrogens is 522 g/mol. The van der Waals surface area contributed by atoms with Crippen molar-refractivity contribution in [3.63, 3.8) is 0 Å². The number of halogens is 2. The minimum absolute atomic E-state index is 0.0269. The van der Waals surface area contributed by atoms with Gasteiger partial charge in [-0.25, -0.2) is 23.4 Å². The smallest absolute Gasteiger partial charge is 0.255 e. The third-order valence-electron chi connectivity index (χ3n) is 7.41. The molecule has 0 radical (unpaired) electrons. The van der Waals surface area contributed by atoms with Crippen LogP contribution in [-0.2, 0) is 9.53 Å². The lowest BCUT2D eigenvalue weighted by Gasteiger charge is -2.47. The lowest BCUT2D eigenvalue weighted by Crippen LogP contribution is -2.61. The normalized spacial score (nSPS) is 17.9. The Balaban J connectivity index is 1.13. The van der Waals surface area contributed by atoms with E-state index in [9.17, 15) is 13.6 Å². The number of carbonyl (C=O) groups is 1. The highest BCUT2D eigenvalue weighted by atomic mass is 19.1.